The Morgan fingerprint density at radius 2 is 1.86 bits per heavy atom. The van der Waals surface area contributed by atoms with Crippen molar-refractivity contribution in [1.29, 1.82) is 0 Å². The van der Waals surface area contributed by atoms with E-state index in [9.17, 15) is 13.6 Å². The van der Waals surface area contributed by atoms with Gasteiger partial charge < -0.3 is 15.7 Å². The monoisotopic (exact) mass is 314 g/mol. The Balaban J connectivity index is 2.13. The molecule has 0 aliphatic carbocycles. The van der Waals surface area contributed by atoms with Gasteiger partial charge >= 0.3 is 5.97 Å². The number of thiocarbonyl (C=S) groups is 1. The first-order valence-corrected chi connectivity index (χ1v) is 7.05. The van der Waals surface area contributed by atoms with E-state index in [2.05, 4.69) is 0 Å². The first kappa shape index (κ1) is 15.6. The Morgan fingerprint density at radius 3 is 2.29 bits per heavy atom. The van der Waals surface area contributed by atoms with Crippen LogP contribution in [0.2, 0.25) is 0 Å². The highest BCUT2D eigenvalue weighted by Gasteiger charge is 2.25. The highest BCUT2D eigenvalue weighted by molar-refractivity contribution is 7.80. The first-order chi connectivity index (χ1) is 9.88. The van der Waals surface area contributed by atoms with Crippen molar-refractivity contribution >= 4 is 28.9 Å². The third-order valence-electron chi connectivity index (χ3n) is 3.70. The largest absolute Gasteiger partial charge is 0.481 e. The second-order valence-electron chi connectivity index (χ2n) is 5.18. The predicted octanol–water partition coefficient (Wildman–Crippen LogP) is 2.29. The molecule has 21 heavy (non-hydrogen) atoms. The van der Waals surface area contributed by atoms with Gasteiger partial charge in [0.05, 0.1) is 0 Å². The quantitative estimate of drug-likeness (QED) is 0.835. The van der Waals surface area contributed by atoms with Gasteiger partial charge in [-0.1, -0.05) is 12.2 Å². The van der Waals surface area contributed by atoms with E-state index in [1.165, 1.54) is 0 Å². The van der Waals surface area contributed by atoms with Crippen LogP contribution in [0.1, 0.15) is 24.8 Å². The molecule has 0 aromatic heterocycles. The first-order valence-electron chi connectivity index (χ1n) is 6.64. The van der Waals surface area contributed by atoms with Gasteiger partial charge in [0.2, 0.25) is 0 Å². The zero-order valence-corrected chi connectivity index (χ0v) is 12.1. The van der Waals surface area contributed by atoms with Gasteiger partial charge in [0.15, 0.2) is 0 Å². The molecular formula is C14H16F2N2O2S. The van der Waals surface area contributed by atoms with E-state index in [1.807, 2.05) is 0 Å². The molecule has 0 spiro atoms. The number of halogens is 2. The van der Waals surface area contributed by atoms with E-state index >= 15 is 0 Å². The van der Waals surface area contributed by atoms with Crippen LogP contribution >= 0.6 is 12.2 Å². The summed E-state index contributed by atoms with van der Waals surface area (Å²) in [5.41, 5.74) is 5.44. The lowest BCUT2D eigenvalue weighted by Gasteiger charge is -2.33. The highest BCUT2D eigenvalue weighted by atomic mass is 32.1. The lowest BCUT2D eigenvalue weighted by atomic mass is 9.93. The summed E-state index contributed by atoms with van der Waals surface area (Å²) >= 11 is 4.71. The SMILES string of the molecule is NC(=S)c1cc(F)c(N2CCC(CC(=O)O)CC2)c(F)c1. The molecule has 0 saturated carbocycles. The fraction of sp³-hybridized carbons (Fsp3) is 0.429. The summed E-state index contributed by atoms with van der Waals surface area (Å²) in [6, 6.07) is 2.26. The molecule has 1 saturated heterocycles. The lowest BCUT2D eigenvalue weighted by Crippen LogP contribution is -2.35. The summed E-state index contributed by atoms with van der Waals surface area (Å²) in [5.74, 6) is -2.18. The maximum atomic E-state index is 14.1. The number of carbonyl (C=O) groups is 1. The van der Waals surface area contributed by atoms with Crippen LogP contribution in [-0.4, -0.2) is 29.2 Å². The van der Waals surface area contributed by atoms with Gasteiger partial charge in [-0.15, -0.1) is 0 Å². The fourth-order valence-electron chi connectivity index (χ4n) is 2.62. The van der Waals surface area contributed by atoms with E-state index in [1.54, 1.807) is 4.90 Å². The second kappa shape index (κ2) is 6.34. The molecule has 1 aromatic rings. The number of nitrogens with two attached hydrogens (primary N) is 1. The molecule has 3 N–H and O–H groups in total. The van der Waals surface area contributed by atoms with Crippen molar-refractivity contribution in [3.8, 4) is 0 Å². The van der Waals surface area contributed by atoms with Crippen LogP contribution in [0.3, 0.4) is 0 Å². The zero-order chi connectivity index (χ0) is 15.6. The molecule has 1 aliphatic rings. The minimum absolute atomic E-state index is 0.0560. The molecule has 7 heteroatoms. The Morgan fingerprint density at radius 1 is 1.33 bits per heavy atom. The molecule has 4 nitrogen and oxygen atoms in total. The summed E-state index contributed by atoms with van der Waals surface area (Å²) in [5, 5.41) is 8.76. The number of nitrogens with zero attached hydrogens (tertiary/aromatic N) is 1. The van der Waals surface area contributed by atoms with Crippen molar-refractivity contribution in [3.05, 3.63) is 29.3 Å². The van der Waals surface area contributed by atoms with Gasteiger partial charge in [0.25, 0.3) is 0 Å². The molecule has 0 amide bonds. The van der Waals surface area contributed by atoms with Crippen molar-refractivity contribution in [1.82, 2.24) is 0 Å². The van der Waals surface area contributed by atoms with Gasteiger partial charge in [0.1, 0.15) is 22.3 Å². The third kappa shape index (κ3) is 3.66. The molecule has 1 fully saturated rings. The van der Waals surface area contributed by atoms with Gasteiger partial charge in [-0.25, -0.2) is 8.78 Å². The molecule has 0 bridgehead atoms. The maximum Gasteiger partial charge on any atom is 0.303 e. The number of rotatable bonds is 4. The van der Waals surface area contributed by atoms with Crippen molar-refractivity contribution in [3.63, 3.8) is 0 Å². The third-order valence-corrected chi connectivity index (χ3v) is 3.93. The van der Waals surface area contributed by atoms with Crippen LogP contribution in [0.4, 0.5) is 14.5 Å². The van der Waals surface area contributed by atoms with E-state index in [-0.39, 0.29) is 28.6 Å². The summed E-state index contributed by atoms with van der Waals surface area (Å²) in [6.45, 7) is 0.858. The van der Waals surface area contributed by atoms with Crippen molar-refractivity contribution in [2.75, 3.05) is 18.0 Å². The predicted molar refractivity (Wildman–Crippen MR) is 79.4 cm³/mol. The number of hydrogen-bond donors (Lipinski definition) is 2. The van der Waals surface area contributed by atoms with Crippen LogP contribution in [-0.2, 0) is 4.79 Å². The van der Waals surface area contributed by atoms with E-state index in [0.717, 1.165) is 12.1 Å². The average Bonchev–Trinajstić information content (AvgIpc) is 2.39. The molecule has 0 atom stereocenters. The molecule has 114 valence electrons. The number of anilines is 1. The minimum Gasteiger partial charge on any atom is -0.481 e. The summed E-state index contributed by atoms with van der Waals surface area (Å²) in [6.07, 6.45) is 1.30. The molecular weight excluding hydrogens is 298 g/mol. The Kier molecular flexibility index (Phi) is 4.72. The number of piperidine rings is 1. The van der Waals surface area contributed by atoms with Crippen LogP contribution in [0.5, 0.6) is 0 Å². The van der Waals surface area contributed by atoms with Gasteiger partial charge in [-0.2, -0.15) is 0 Å². The molecule has 0 radical (unpaired) electrons. The lowest BCUT2D eigenvalue weighted by molar-refractivity contribution is -0.138. The topological polar surface area (TPSA) is 66.6 Å². The van der Waals surface area contributed by atoms with Crippen LogP contribution in [0, 0.1) is 17.6 Å². The smallest absolute Gasteiger partial charge is 0.303 e. The maximum absolute atomic E-state index is 14.1. The van der Waals surface area contributed by atoms with Crippen molar-refractivity contribution in [2.24, 2.45) is 11.7 Å². The highest BCUT2D eigenvalue weighted by Crippen LogP contribution is 2.30. The standard InChI is InChI=1S/C14H16F2N2O2S/c15-10-6-9(14(17)21)7-11(16)13(10)18-3-1-8(2-4-18)5-12(19)20/h6-8H,1-5H2,(H2,17,21)(H,19,20). The fourth-order valence-corrected chi connectivity index (χ4v) is 2.74. The molecule has 0 unspecified atom stereocenters. The van der Waals surface area contributed by atoms with Crippen molar-refractivity contribution in [2.45, 2.75) is 19.3 Å². The summed E-state index contributed by atoms with van der Waals surface area (Å²) in [7, 11) is 0. The number of benzene rings is 1. The van der Waals surface area contributed by atoms with E-state index in [0.29, 0.717) is 25.9 Å². The number of aliphatic carboxylic acids is 1. The van der Waals surface area contributed by atoms with Crippen LogP contribution < -0.4 is 10.6 Å². The van der Waals surface area contributed by atoms with Crippen molar-refractivity contribution < 1.29 is 18.7 Å². The summed E-state index contributed by atoms with van der Waals surface area (Å²) < 4.78 is 28.1. The Labute approximate surface area is 126 Å². The van der Waals surface area contributed by atoms with Crippen LogP contribution in [0.15, 0.2) is 12.1 Å². The summed E-state index contributed by atoms with van der Waals surface area (Å²) in [4.78, 5) is 12.2. The van der Waals surface area contributed by atoms with Gasteiger partial charge in [-0.3, -0.25) is 4.79 Å². The molecule has 1 aromatic carbocycles. The molecule has 1 aliphatic heterocycles. The minimum atomic E-state index is -0.841. The Bertz CT molecular complexity index is 549. The second-order valence-corrected chi connectivity index (χ2v) is 5.62. The molecule has 2 rings (SSSR count). The van der Waals surface area contributed by atoms with Crippen LogP contribution in [0.25, 0.3) is 0 Å². The van der Waals surface area contributed by atoms with Gasteiger partial charge in [-0.05, 0) is 30.9 Å². The molecule has 1 heterocycles. The average molecular weight is 314 g/mol. The van der Waals surface area contributed by atoms with Gasteiger partial charge in [0, 0.05) is 25.1 Å². The number of carboxylic acids is 1. The number of carboxylic acid groups (broad SMARTS) is 1. The zero-order valence-electron chi connectivity index (χ0n) is 11.3. The normalized spacial score (nSPS) is 16.0. The number of hydrogen-bond acceptors (Lipinski definition) is 3. The Hall–Kier alpha value is -1.76. The van der Waals surface area contributed by atoms with E-state index < -0.39 is 17.6 Å². The van der Waals surface area contributed by atoms with E-state index in [4.69, 9.17) is 23.1 Å².